The minimum atomic E-state index is 0.227. The third kappa shape index (κ3) is 2.33. The lowest BCUT2D eigenvalue weighted by atomic mass is 10.2. The van der Waals surface area contributed by atoms with Crippen LogP contribution in [-0.2, 0) is 0 Å². The van der Waals surface area contributed by atoms with E-state index in [1.165, 1.54) is 0 Å². The second kappa shape index (κ2) is 4.64. The minimum absolute atomic E-state index is 0.227. The number of nitrogen functional groups attached to an aromatic ring is 1. The maximum absolute atomic E-state index is 8.67. The molecule has 1 rings (SSSR count). The van der Waals surface area contributed by atoms with Crippen molar-refractivity contribution in [3.05, 3.63) is 29.5 Å². The summed E-state index contributed by atoms with van der Waals surface area (Å²) in [6.07, 6.45) is 5.33. The second-order valence-corrected chi connectivity index (χ2v) is 2.58. The van der Waals surface area contributed by atoms with Crippen molar-refractivity contribution in [2.75, 3.05) is 5.73 Å². The topological polar surface area (TPSA) is 86.5 Å². The molecule has 14 heavy (non-hydrogen) atoms. The zero-order valence-electron chi connectivity index (χ0n) is 7.44. The van der Waals surface area contributed by atoms with E-state index in [4.69, 9.17) is 16.3 Å². The summed E-state index contributed by atoms with van der Waals surface area (Å²) in [4.78, 5) is 3.85. The van der Waals surface area contributed by atoms with Gasteiger partial charge in [-0.15, -0.1) is 0 Å². The van der Waals surface area contributed by atoms with Gasteiger partial charge in [-0.3, -0.25) is 0 Å². The fourth-order valence-electron chi connectivity index (χ4n) is 0.920. The molecule has 0 fully saturated rings. The average molecular weight is 184 g/mol. The Kier molecular flexibility index (Phi) is 3.23. The SMILES string of the molecule is N#CCC=Cc1cnc(N)c(C#N)c1. The van der Waals surface area contributed by atoms with Crippen molar-refractivity contribution in [2.45, 2.75) is 6.42 Å². The molecule has 0 saturated heterocycles. The number of hydrogen-bond donors (Lipinski definition) is 1. The molecule has 0 amide bonds. The largest absolute Gasteiger partial charge is 0.383 e. The van der Waals surface area contributed by atoms with Crippen LogP contribution in [0.4, 0.5) is 5.82 Å². The van der Waals surface area contributed by atoms with Gasteiger partial charge in [-0.05, 0) is 11.6 Å². The summed E-state index contributed by atoms with van der Waals surface area (Å²) in [5.41, 5.74) is 6.57. The van der Waals surface area contributed by atoms with Crippen LogP contribution in [0.25, 0.3) is 6.08 Å². The number of aromatic nitrogens is 1. The first kappa shape index (κ1) is 9.76. The van der Waals surface area contributed by atoms with Crippen LogP contribution in [-0.4, -0.2) is 4.98 Å². The molecule has 1 heterocycles. The molecule has 4 nitrogen and oxygen atoms in total. The molecule has 0 spiro atoms. The van der Waals surface area contributed by atoms with Gasteiger partial charge in [0.25, 0.3) is 0 Å². The molecule has 0 aromatic carbocycles. The number of allylic oxidation sites excluding steroid dienone is 1. The van der Waals surface area contributed by atoms with E-state index in [0.717, 1.165) is 5.56 Å². The summed E-state index contributed by atoms with van der Waals surface area (Å²) < 4.78 is 0. The predicted octanol–water partition coefficient (Wildman–Crippen LogP) is 1.46. The minimum Gasteiger partial charge on any atom is -0.383 e. The normalized spacial score (nSPS) is 9.57. The molecule has 0 aliphatic rings. The lowest BCUT2D eigenvalue weighted by molar-refractivity contribution is 1.29. The summed E-state index contributed by atoms with van der Waals surface area (Å²) >= 11 is 0. The maximum Gasteiger partial charge on any atom is 0.141 e. The average Bonchev–Trinajstić information content (AvgIpc) is 2.21. The quantitative estimate of drug-likeness (QED) is 0.753. The van der Waals surface area contributed by atoms with E-state index in [1.807, 2.05) is 12.1 Å². The van der Waals surface area contributed by atoms with Crippen molar-refractivity contribution in [1.29, 1.82) is 10.5 Å². The summed E-state index contributed by atoms with van der Waals surface area (Å²) in [7, 11) is 0. The number of nitrogens with zero attached hydrogens (tertiary/aromatic N) is 3. The molecule has 0 bridgehead atoms. The molecular weight excluding hydrogens is 176 g/mol. The molecule has 0 saturated carbocycles. The number of anilines is 1. The van der Waals surface area contributed by atoms with Gasteiger partial charge in [0.1, 0.15) is 11.9 Å². The fraction of sp³-hybridized carbons (Fsp3) is 0.100. The van der Waals surface area contributed by atoms with Crippen molar-refractivity contribution >= 4 is 11.9 Å². The standard InChI is InChI=1S/C10H8N4/c11-4-2-1-3-8-5-9(6-12)10(13)14-7-8/h1,3,5,7H,2H2,(H2,13,14). The van der Waals surface area contributed by atoms with Gasteiger partial charge in [0.05, 0.1) is 18.1 Å². The van der Waals surface area contributed by atoms with E-state index in [0.29, 0.717) is 12.0 Å². The van der Waals surface area contributed by atoms with Gasteiger partial charge in [0.15, 0.2) is 0 Å². The van der Waals surface area contributed by atoms with Crippen LogP contribution < -0.4 is 5.73 Å². The molecule has 0 atom stereocenters. The number of pyridine rings is 1. The molecule has 1 aromatic heterocycles. The Morgan fingerprint density at radius 1 is 1.50 bits per heavy atom. The van der Waals surface area contributed by atoms with Gasteiger partial charge in [-0.1, -0.05) is 12.2 Å². The predicted molar refractivity (Wildman–Crippen MR) is 52.6 cm³/mol. The first-order valence-corrected chi connectivity index (χ1v) is 3.97. The summed E-state index contributed by atoms with van der Waals surface area (Å²) in [6.45, 7) is 0. The number of nitriles is 2. The van der Waals surface area contributed by atoms with Crippen molar-refractivity contribution in [3.8, 4) is 12.1 Å². The van der Waals surface area contributed by atoms with Crippen LogP contribution in [0.2, 0.25) is 0 Å². The fourth-order valence-corrected chi connectivity index (χ4v) is 0.920. The van der Waals surface area contributed by atoms with Crippen LogP contribution in [0.1, 0.15) is 17.5 Å². The molecule has 0 aliphatic heterocycles. The third-order valence-electron chi connectivity index (χ3n) is 1.58. The molecule has 0 radical (unpaired) electrons. The van der Waals surface area contributed by atoms with Crippen LogP contribution in [0.15, 0.2) is 18.3 Å². The van der Waals surface area contributed by atoms with E-state index in [9.17, 15) is 0 Å². The Bertz CT molecular complexity index is 434. The highest BCUT2D eigenvalue weighted by Crippen LogP contribution is 2.10. The van der Waals surface area contributed by atoms with E-state index < -0.39 is 0 Å². The Morgan fingerprint density at radius 2 is 2.29 bits per heavy atom. The summed E-state index contributed by atoms with van der Waals surface area (Å²) in [6, 6.07) is 5.56. The van der Waals surface area contributed by atoms with E-state index >= 15 is 0 Å². The number of rotatable bonds is 2. The highest BCUT2D eigenvalue weighted by molar-refractivity contribution is 5.57. The molecule has 2 N–H and O–H groups in total. The van der Waals surface area contributed by atoms with E-state index in [1.54, 1.807) is 24.4 Å². The van der Waals surface area contributed by atoms with Crippen LogP contribution in [0.5, 0.6) is 0 Å². The van der Waals surface area contributed by atoms with E-state index in [-0.39, 0.29) is 5.82 Å². The Morgan fingerprint density at radius 3 is 2.93 bits per heavy atom. The van der Waals surface area contributed by atoms with Gasteiger partial charge in [0.2, 0.25) is 0 Å². The molecule has 0 unspecified atom stereocenters. The first-order chi connectivity index (χ1) is 6.77. The van der Waals surface area contributed by atoms with Crippen molar-refractivity contribution in [2.24, 2.45) is 0 Å². The zero-order chi connectivity index (χ0) is 10.4. The number of nitrogens with two attached hydrogens (primary N) is 1. The lowest BCUT2D eigenvalue weighted by Gasteiger charge is -1.96. The number of hydrogen-bond acceptors (Lipinski definition) is 4. The monoisotopic (exact) mass is 184 g/mol. The molecule has 1 aromatic rings. The van der Waals surface area contributed by atoms with Crippen LogP contribution >= 0.6 is 0 Å². The van der Waals surface area contributed by atoms with Gasteiger partial charge in [-0.2, -0.15) is 10.5 Å². The van der Waals surface area contributed by atoms with Gasteiger partial charge < -0.3 is 5.73 Å². The van der Waals surface area contributed by atoms with Gasteiger partial charge in [-0.25, -0.2) is 4.98 Å². The van der Waals surface area contributed by atoms with Crippen LogP contribution in [0.3, 0.4) is 0 Å². The maximum atomic E-state index is 8.67. The van der Waals surface area contributed by atoms with Crippen molar-refractivity contribution in [3.63, 3.8) is 0 Å². The van der Waals surface area contributed by atoms with Gasteiger partial charge >= 0.3 is 0 Å². The summed E-state index contributed by atoms with van der Waals surface area (Å²) in [5, 5.41) is 17.0. The smallest absolute Gasteiger partial charge is 0.141 e. The molecule has 68 valence electrons. The second-order valence-electron chi connectivity index (χ2n) is 2.58. The molecule has 4 heteroatoms. The van der Waals surface area contributed by atoms with Crippen LogP contribution in [0, 0.1) is 22.7 Å². The Hall–Kier alpha value is -2.33. The molecule has 0 aliphatic carbocycles. The highest BCUT2D eigenvalue weighted by atomic mass is 14.8. The van der Waals surface area contributed by atoms with Crippen molar-refractivity contribution in [1.82, 2.24) is 4.98 Å². The van der Waals surface area contributed by atoms with Crippen molar-refractivity contribution < 1.29 is 0 Å². The molecular formula is C10H8N4. The Labute approximate surface area is 81.9 Å². The third-order valence-corrected chi connectivity index (χ3v) is 1.58. The highest BCUT2D eigenvalue weighted by Gasteiger charge is 1.98. The summed E-state index contributed by atoms with van der Waals surface area (Å²) in [5.74, 6) is 0.227. The first-order valence-electron chi connectivity index (χ1n) is 3.97. The van der Waals surface area contributed by atoms with Gasteiger partial charge in [0, 0.05) is 6.20 Å². The lowest BCUT2D eigenvalue weighted by Crippen LogP contribution is -1.94. The Balaban J connectivity index is 2.92. The zero-order valence-corrected chi connectivity index (χ0v) is 7.44. The van der Waals surface area contributed by atoms with E-state index in [2.05, 4.69) is 4.98 Å².